The Morgan fingerprint density at radius 1 is 0.919 bits per heavy atom. The molecule has 1 aromatic heterocycles. The number of nitrogens with zero attached hydrogens (tertiary/aromatic N) is 2. The zero-order valence-electron chi connectivity index (χ0n) is 21.1. The van der Waals surface area contributed by atoms with E-state index >= 15 is 0 Å². The number of aliphatic hydroxyl groups is 1. The fourth-order valence-corrected chi connectivity index (χ4v) is 7.56. The summed E-state index contributed by atoms with van der Waals surface area (Å²) in [6.45, 7) is 7.28. The van der Waals surface area contributed by atoms with Crippen molar-refractivity contribution in [1.29, 1.82) is 0 Å². The van der Waals surface area contributed by atoms with Crippen LogP contribution in [-0.2, 0) is 6.54 Å². The number of piperidine rings is 3. The standard InChI is InChI=1S/C34H33N2O/c1-2-23-21-36(22-31-27-11-5-3-9-25(27)19-26-10-4-6-12-28(26)31)18-16-24(23)20-33(36)34(37)30-15-17-35-32-14-8-7-13-29(30)32/h2-15,17,19,23-24,33-34,37H,1,16,18,20-22H2/q+1/t23?,24-,33-,34+,36?/m0/s1. The van der Waals surface area contributed by atoms with Gasteiger partial charge in [-0.3, -0.25) is 4.98 Å². The van der Waals surface area contributed by atoms with Gasteiger partial charge in [-0.05, 0) is 51.2 Å². The lowest BCUT2D eigenvalue weighted by molar-refractivity contribution is -0.984. The lowest BCUT2D eigenvalue weighted by atomic mass is 9.71. The summed E-state index contributed by atoms with van der Waals surface area (Å²) >= 11 is 0. The molecule has 3 heteroatoms. The van der Waals surface area contributed by atoms with E-state index in [1.165, 1.54) is 33.5 Å². The van der Waals surface area contributed by atoms with Gasteiger partial charge in [0.25, 0.3) is 0 Å². The summed E-state index contributed by atoms with van der Waals surface area (Å²) in [6.07, 6.45) is 5.72. The van der Waals surface area contributed by atoms with Gasteiger partial charge in [-0.2, -0.15) is 0 Å². The van der Waals surface area contributed by atoms with Crippen LogP contribution in [0, 0.1) is 11.8 Å². The molecular formula is C34H33N2O+. The van der Waals surface area contributed by atoms with E-state index in [2.05, 4.69) is 78.3 Å². The van der Waals surface area contributed by atoms with Crippen molar-refractivity contribution in [1.82, 2.24) is 4.98 Å². The van der Waals surface area contributed by atoms with Crippen molar-refractivity contribution in [2.45, 2.75) is 31.5 Å². The fraction of sp³-hybridized carbons (Fsp3) is 0.265. The minimum atomic E-state index is -0.539. The van der Waals surface area contributed by atoms with Crippen molar-refractivity contribution in [3.05, 3.63) is 115 Å². The molecule has 2 unspecified atom stereocenters. The van der Waals surface area contributed by atoms with E-state index in [1.54, 1.807) is 0 Å². The minimum Gasteiger partial charge on any atom is -0.382 e. The molecule has 3 fully saturated rings. The van der Waals surface area contributed by atoms with Crippen molar-refractivity contribution in [2.24, 2.45) is 11.8 Å². The van der Waals surface area contributed by atoms with Gasteiger partial charge in [0.1, 0.15) is 18.7 Å². The minimum absolute atomic E-state index is 0.137. The van der Waals surface area contributed by atoms with Crippen LogP contribution < -0.4 is 0 Å². The zero-order chi connectivity index (χ0) is 25.0. The topological polar surface area (TPSA) is 33.1 Å². The molecule has 4 heterocycles. The summed E-state index contributed by atoms with van der Waals surface area (Å²) in [5.41, 5.74) is 3.37. The van der Waals surface area contributed by atoms with Crippen LogP contribution in [0.15, 0.2) is 104 Å². The highest BCUT2D eigenvalue weighted by molar-refractivity contribution is 6.02. The average Bonchev–Trinajstić information content (AvgIpc) is 2.96. The zero-order valence-corrected chi connectivity index (χ0v) is 21.1. The first-order valence-electron chi connectivity index (χ1n) is 13.6. The molecule has 8 rings (SSSR count). The maximum Gasteiger partial charge on any atom is 0.131 e. The van der Waals surface area contributed by atoms with Crippen LogP contribution in [0.2, 0.25) is 0 Å². The van der Waals surface area contributed by atoms with E-state index in [-0.39, 0.29) is 6.04 Å². The highest BCUT2D eigenvalue weighted by Crippen LogP contribution is 2.49. The summed E-state index contributed by atoms with van der Waals surface area (Å²) in [4.78, 5) is 4.57. The molecule has 3 nitrogen and oxygen atoms in total. The van der Waals surface area contributed by atoms with Gasteiger partial charge in [-0.15, -0.1) is 6.58 Å². The van der Waals surface area contributed by atoms with Crippen LogP contribution >= 0.6 is 0 Å². The molecule has 0 aliphatic carbocycles. The molecule has 0 amide bonds. The van der Waals surface area contributed by atoms with Gasteiger partial charge in [-0.25, -0.2) is 0 Å². The van der Waals surface area contributed by atoms with E-state index in [9.17, 15) is 5.11 Å². The Hall–Kier alpha value is -3.53. The van der Waals surface area contributed by atoms with Crippen molar-refractivity contribution in [3.8, 4) is 0 Å². The second-order valence-electron chi connectivity index (χ2n) is 11.2. The number of hydrogen-bond acceptors (Lipinski definition) is 2. The number of benzene rings is 4. The number of para-hydroxylation sites is 1. The van der Waals surface area contributed by atoms with E-state index < -0.39 is 6.10 Å². The molecular weight excluding hydrogens is 452 g/mol. The van der Waals surface area contributed by atoms with Gasteiger partial charge >= 0.3 is 0 Å². The number of aromatic nitrogens is 1. The number of rotatable bonds is 5. The molecule has 37 heavy (non-hydrogen) atoms. The Balaban J connectivity index is 1.39. The van der Waals surface area contributed by atoms with Gasteiger partial charge in [0, 0.05) is 35.9 Å². The maximum atomic E-state index is 12.1. The molecule has 5 aromatic rings. The van der Waals surface area contributed by atoms with Gasteiger partial charge in [0.2, 0.25) is 0 Å². The molecule has 3 aliphatic rings. The van der Waals surface area contributed by atoms with Crippen molar-refractivity contribution >= 4 is 32.4 Å². The lowest BCUT2D eigenvalue weighted by Crippen LogP contribution is -2.67. The highest BCUT2D eigenvalue weighted by Gasteiger charge is 2.54. The first kappa shape index (κ1) is 22.7. The second kappa shape index (κ2) is 8.79. The van der Waals surface area contributed by atoms with Crippen molar-refractivity contribution in [3.63, 3.8) is 0 Å². The maximum absolute atomic E-state index is 12.1. The van der Waals surface area contributed by atoms with Crippen LogP contribution in [0.1, 0.15) is 30.1 Å². The Labute approximate surface area is 218 Å². The van der Waals surface area contributed by atoms with Crippen molar-refractivity contribution < 1.29 is 9.59 Å². The normalized spacial score (nSPS) is 26.0. The summed E-state index contributed by atoms with van der Waals surface area (Å²) in [5, 5.41) is 18.4. The number of quaternary nitrogens is 1. The molecule has 0 spiro atoms. The number of fused-ring (bicyclic) bond motifs is 6. The Kier molecular flexibility index (Phi) is 5.38. The average molecular weight is 486 g/mol. The summed E-state index contributed by atoms with van der Waals surface area (Å²) < 4.78 is 0.906. The van der Waals surface area contributed by atoms with Crippen LogP contribution in [0.4, 0.5) is 0 Å². The fourth-order valence-electron chi connectivity index (χ4n) is 7.56. The van der Waals surface area contributed by atoms with E-state index in [0.29, 0.717) is 11.8 Å². The SMILES string of the molecule is C=CC1C[N+]2(Cc3c4ccccc4cc4ccccc34)CC[C@H]1C[C@H]2[C@H](O)c1ccnc2ccccc12. The van der Waals surface area contributed by atoms with E-state index in [1.807, 2.05) is 30.5 Å². The number of aliphatic hydroxyl groups excluding tert-OH is 1. The second-order valence-corrected chi connectivity index (χ2v) is 11.2. The number of pyridine rings is 1. The molecule has 3 saturated heterocycles. The third-order valence-electron chi connectivity index (χ3n) is 9.40. The highest BCUT2D eigenvalue weighted by atomic mass is 16.3. The lowest BCUT2D eigenvalue weighted by Gasteiger charge is -2.58. The molecule has 1 N–H and O–H groups in total. The summed E-state index contributed by atoms with van der Waals surface area (Å²) in [6, 6.07) is 30.3. The first-order chi connectivity index (χ1) is 18.2. The molecule has 184 valence electrons. The van der Waals surface area contributed by atoms with Crippen LogP contribution in [0.5, 0.6) is 0 Å². The third-order valence-corrected chi connectivity index (χ3v) is 9.40. The molecule has 5 atom stereocenters. The Morgan fingerprint density at radius 3 is 2.32 bits per heavy atom. The van der Waals surface area contributed by atoms with Crippen LogP contribution in [-0.4, -0.2) is 33.7 Å². The Morgan fingerprint density at radius 2 is 1.59 bits per heavy atom. The smallest absolute Gasteiger partial charge is 0.131 e. The molecule has 3 aliphatic heterocycles. The molecule has 4 aromatic carbocycles. The van der Waals surface area contributed by atoms with Gasteiger partial charge < -0.3 is 9.59 Å². The van der Waals surface area contributed by atoms with Crippen molar-refractivity contribution in [2.75, 3.05) is 13.1 Å². The van der Waals surface area contributed by atoms with E-state index in [0.717, 1.165) is 47.0 Å². The van der Waals surface area contributed by atoms with Gasteiger partial charge in [-0.1, -0.05) is 72.8 Å². The van der Waals surface area contributed by atoms with Gasteiger partial charge in [0.05, 0.1) is 18.6 Å². The van der Waals surface area contributed by atoms with Crippen LogP contribution in [0.25, 0.3) is 32.4 Å². The monoisotopic (exact) mass is 485 g/mol. The molecule has 2 bridgehead atoms. The quantitative estimate of drug-likeness (QED) is 0.162. The van der Waals surface area contributed by atoms with E-state index in [4.69, 9.17) is 0 Å². The number of hydrogen-bond donors (Lipinski definition) is 1. The predicted molar refractivity (Wildman–Crippen MR) is 152 cm³/mol. The van der Waals surface area contributed by atoms with Gasteiger partial charge in [0.15, 0.2) is 0 Å². The summed E-state index contributed by atoms with van der Waals surface area (Å²) in [5.74, 6) is 1.09. The largest absolute Gasteiger partial charge is 0.382 e. The molecule has 0 radical (unpaired) electrons. The van der Waals surface area contributed by atoms with Crippen LogP contribution in [0.3, 0.4) is 0 Å². The molecule has 0 saturated carbocycles. The first-order valence-corrected chi connectivity index (χ1v) is 13.6. The Bertz CT molecular complexity index is 1580. The predicted octanol–water partition coefficient (Wildman–Crippen LogP) is 7.19. The third kappa shape index (κ3) is 3.60. The summed E-state index contributed by atoms with van der Waals surface area (Å²) in [7, 11) is 0.